The lowest BCUT2D eigenvalue weighted by Crippen LogP contribution is -2.15. The summed E-state index contributed by atoms with van der Waals surface area (Å²) in [6.45, 7) is 0. The molecule has 0 spiro atoms. The van der Waals surface area contributed by atoms with E-state index in [9.17, 15) is 18.0 Å². The standard InChI is InChI=1S/C23H18ClF3N4O4/c1-33-17-7-5-13(9-14(17)24)28-22(32)16-11-21-29-15(10-20(23(25,26)27)31(21)30-16)12-4-6-18(34-2)19(8-12)35-3/h4-11H,1-3H3,(H,28,32). The average molecular weight is 507 g/mol. The van der Waals surface area contributed by atoms with Crippen molar-refractivity contribution in [1.82, 2.24) is 14.6 Å². The maximum absolute atomic E-state index is 13.9. The first-order valence-corrected chi connectivity index (χ1v) is 10.4. The Kier molecular flexibility index (Phi) is 6.44. The lowest BCUT2D eigenvalue weighted by molar-refractivity contribution is -0.142. The molecule has 0 saturated heterocycles. The van der Waals surface area contributed by atoms with Gasteiger partial charge in [-0.1, -0.05) is 11.6 Å². The Morgan fingerprint density at radius 2 is 1.63 bits per heavy atom. The molecule has 1 amide bonds. The van der Waals surface area contributed by atoms with Crippen LogP contribution < -0.4 is 19.5 Å². The summed E-state index contributed by atoms with van der Waals surface area (Å²) in [6, 6.07) is 11.2. The van der Waals surface area contributed by atoms with Gasteiger partial charge in [0.2, 0.25) is 0 Å². The Morgan fingerprint density at radius 3 is 2.26 bits per heavy atom. The Morgan fingerprint density at radius 1 is 0.943 bits per heavy atom. The summed E-state index contributed by atoms with van der Waals surface area (Å²) in [4.78, 5) is 17.0. The normalized spacial score (nSPS) is 11.4. The lowest BCUT2D eigenvalue weighted by Gasteiger charge is -2.12. The quantitative estimate of drug-likeness (QED) is 0.379. The molecule has 182 valence electrons. The summed E-state index contributed by atoms with van der Waals surface area (Å²) in [5, 5.41) is 6.65. The van der Waals surface area contributed by atoms with Crippen molar-refractivity contribution in [3.05, 3.63) is 64.9 Å². The van der Waals surface area contributed by atoms with Gasteiger partial charge in [0.1, 0.15) is 5.75 Å². The molecular weight excluding hydrogens is 489 g/mol. The number of nitrogens with zero attached hydrogens (tertiary/aromatic N) is 3. The highest BCUT2D eigenvalue weighted by atomic mass is 35.5. The summed E-state index contributed by atoms with van der Waals surface area (Å²) in [7, 11) is 4.30. The number of halogens is 4. The van der Waals surface area contributed by atoms with Gasteiger partial charge in [-0.3, -0.25) is 4.79 Å². The van der Waals surface area contributed by atoms with Crippen molar-refractivity contribution in [2.24, 2.45) is 0 Å². The van der Waals surface area contributed by atoms with Gasteiger partial charge in [0.15, 0.2) is 28.5 Å². The number of nitrogens with one attached hydrogen (secondary N) is 1. The van der Waals surface area contributed by atoms with Gasteiger partial charge in [-0.2, -0.15) is 18.3 Å². The number of fused-ring (bicyclic) bond motifs is 1. The second-order valence-electron chi connectivity index (χ2n) is 7.20. The van der Waals surface area contributed by atoms with Gasteiger partial charge < -0.3 is 19.5 Å². The van der Waals surface area contributed by atoms with Gasteiger partial charge in [-0.25, -0.2) is 9.50 Å². The maximum atomic E-state index is 13.9. The zero-order chi connectivity index (χ0) is 25.3. The molecule has 4 rings (SSSR count). The highest BCUT2D eigenvalue weighted by molar-refractivity contribution is 6.32. The van der Waals surface area contributed by atoms with E-state index >= 15 is 0 Å². The van der Waals surface area contributed by atoms with Gasteiger partial charge in [0.05, 0.1) is 32.0 Å². The molecule has 12 heteroatoms. The number of carbonyl (C=O) groups excluding carboxylic acids is 1. The van der Waals surface area contributed by atoms with Gasteiger partial charge in [0, 0.05) is 17.3 Å². The Bertz CT molecular complexity index is 1420. The van der Waals surface area contributed by atoms with Gasteiger partial charge in [-0.15, -0.1) is 0 Å². The number of hydrogen-bond donors (Lipinski definition) is 1. The zero-order valence-corrected chi connectivity index (χ0v) is 19.4. The van der Waals surface area contributed by atoms with E-state index in [-0.39, 0.29) is 22.1 Å². The molecule has 8 nitrogen and oxygen atoms in total. The van der Waals surface area contributed by atoms with E-state index in [4.69, 9.17) is 25.8 Å². The molecule has 0 unspecified atom stereocenters. The van der Waals surface area contributed by atoms with Crippen LogP contribution in [-0.4, -0.2) is 41.8 Å². The van der Waals surface area contributed by atoms with E-state index in [1.165, 1.54) is 45.6 Å². The van der Waals surface area contributed by atoms with Gasteiger partial charge in [0.25, 0.3) is 5.91 Å². The van der Waals surface area contributed by atoms with Crippen molar-refractivity contribution in [3.8, 4) is 28.5 Å². The molecule has 0 aliphatic rings. The minimum atomic E-state index is -4.77. The van der Waals surface area contributed by atoms with E-state index in [0.717, 1.165) is 6.07 Å². The number of methoxy groups -OCH3 is 3. The average Bonchev–Trinajstić information content (AvgIpc) is 3.27. The highest BCUT2D eigenvalue weighted by Crippen LogP contribution is 2.35. The van der Waals surface area contributed by atoms with Gasteiger partial charge in [-0.05, 0) is 42.5 Å². The first-order chi connectivity index (χ1) is 16.6. The van der Waals surface area contributed by atoms with Crippen LogP contribution in [0.2, 0.25) is 5.02 Å². The number of hydrogen-bond acceptors (Lipinski definition) is 6. The fraction of sp³-hybridized carbons (Fsp3) is 0.174. The predicted molar refractivity (Wildman–Crippen MR) is 122 cm³/mol. The number of rotatable bonds is 6. The summed E-state index contributed by atoms with van der Waals surface area (Å²) >= 11 is 6.06. The molecule has 35 heavy (non-hydrogen) atoms. The number of aromatic nitrogens is 3. The molecule has 0 bridgehead atoms. The van der Waals surface area contributed by atoms with Crippen molar-refractivity contribution < 1.29 is 32.2 Å². The smallest absolute Gasteiger partial charge is 0.433 e. The monoisotopic (exact) mass is 506 g/mol. The molecule has 2 aromatic carbocycles. The van der Waals surface area contributed by atoms with Crippen LogP contribution in [0.1, 0.15) is 16.2 Å². The summed E-state index contributed by atoms with van der Waals surface area (Å²) in [5.41, 5.74) is -0.844. The maximum Gasteiger partial charge on any atom is 0.433 e. The molecule has 2 heterocycles. The number of benzene rings is 2. The van der Waals surface area contributed by atoms with Crippen LogP contribution in [0.5, 0.6) is 17.2 Å². The van der Waals surface area contributed by atoms with Crippen molar-refractivity contribution in [2.75, 3.05) is 26.6 Å². The second kappa shape index (κ2) is 9.34. The Hall–Kier alpha value is -3.99. The molecule has 0 fully saturated rings. The van der Waals surface area contributed by atoms with Crippen molar-refractivity contribution >= 4 is 28.8 Å². The minimum absolute atomic E-state index is 0.0135. The number of carbonyl (C=O) groups is 1. The molecule has 0 saturated carbocycles. The molecule has 0 radical (unpaired) electrons. The number of alkyl halides is 3. The number of amides is 1. The first kappa shape index (κ1) is 24.1. The van der Waals surface area contributed by atoms with Crippen LogP contribution in [0, 0.1) is 0 Å². The number of ether oxygens (including phenoxy) is 3. The van der Waals surface area contributed by atoms with Crippen molar-refractivity contribution in [2.45, 2.75) is 6.18 Å². The predicted octanol–water partition coefficient (Wildman–Crippen LogP) is 5.35. The van der Waals surface area contributed by atoms with Crippen LogP contribution in [0.4, 0.5) is 18.9 Å². The Balaban J connectivity index is 1.76. The zero-order valence-electron chi connectivity index (χ0n) is 18.6. The summed E-state index contributed by atoms with van der Waals surface area (Å²) < 4.78 is 57.7. The van der Waals surface area contributed by atoms with E-state index < -0.39 is 17.8 Å². The van der Waals surface area contributed by atoms with Gasteiger partial charge >= 0.3 is 6.18 Å². The van der Waals surface area contributed by atoms with Crippen LogP contribution in [-0.2, 0) is 6.18 Å². The molecule has 0 atom stereocenters. The molecule has 1 N–H and O–H groups in total. The van der Waals surface area contributed by atoms with Crippen molar-refractivity contribution in [3.63, 3.8) is 0 Å². The largest absolute Gasteiger partial charge is 0.495 e. The summed E-state index contributed by atoms with van der Waals surface area (Å²) in [5.74, 6) is 0.402. The second-order valence-corrected chi connectivity index (χ2v) is 7.60. The Labute approximate surface area is 202 Å². The van der Waals surface area contributed by atoms with Crippen LogP contribution in [0.15, 0.2) is 48.5 Å². The van der Waals surface area contributed by atoms with E-state index in [1.54, 1.807) is 18.2 Å². The van der Waals surface area contributed by atoms with E-state index in [1.807, 2.05) is 0 Å². The SMILES string of the molecule is COc1ccc(NC(=O)c2cc3nc(-c4ccc(OC)c(OC)c4)cc(C(F)(F)F)n3n2)cc1Cl. The number of anilines is 1. The summed E-state index contributed by atoms with van der Waals surface area (Å²) in [6.07, 6.45) is -4.77. The van der Waals surface area contributed by atoms with Crippen LogP contribution >= 0.6 is 11.6 Å². The molecule has 2 aromatic heterocycles. The highest BCUT2D eigenvalue weighted by Gasteiger charge is 2.35. The fourth-order valence-corrected chi connectivity index (χ4v) is 3.63. The third-order valence-corrected chi connectivity index (χ3v) is 5.33. The molecule has 0 aliphatic carbocycles. The van der Waals surface area contributed by atoms with Crippen LogP contribution in [0.3, 0.4) is 0 Å². The topological polar surface area (TPSA) is 87.0 Å². The molecule has 4 aromatic rings. The van der Waals surface area contributed by atoms with E-state index in [2.05, 4.69) is 15.4 Å². The lowest BCUT2D eigenvalue weighted by atomic mass is 10.1. The third kappa shape index (κ3) is 4.80. The third-order valence-electron chi connectivity index (χ3n) is 5.04. The van der Waals surface area contributed by atoms with E-state index in [0.29, 0.717) is 33.0 Å². The first-order valence-electron chi connectivity index (χ1n) is 10.00. The minimum Gasteiger partial charge on any atom is -0.495 e. The van der Waals surface area contributed by atoms with Crippen LogP contribution in [0.25, 0.3) is 16.9 Å². The fourth-order valence-electron chi connectivity index (χ4n) is 3.37. The molecular formula is C23H18ClF3N4O4. The van der Waals surface area contributed by atoms with Crippen molar-refractivity contribution in [1.29, 1.82) is 0 Å². The molecule has 0 aliphatic heterocycles.